The minimum atomic E-state index is -1.56. The van der Waals surface area contributed by atoms with Crippen molar-refractivity contribution in [2.24, 2.45) is 17.2 Å². The number of amides is 4. The number of hydrogen-bond acceptors (Lipinski definition) is 9. The molecule has 0 saturated carbocycles. The lowest BCUT2D eigenvalue weighted by Gasteiger charge is -2.25. The van der Waals surface area contributed by atoms with E-state index in [9.17, 15) is 34.2 Å². The molecule has 0 rings (SSSR count). The van der Waals surface area contributed by atoms with E-state index in [1.165, 1.54) is 18.7 Å². The first-order valence-corrected chi connectivity index (χ1v) is 11.9. The van der Waals surface area contributed by atoms with Crippen LogP contribution in [0.4, 0.5) is 0 Å². The van der Waals surface area contributed by atoms with E-state index in [0.717, 1.165) is 0 Å². The van der Waals surface area contributed by atoms with Crippen LogP contribution in [0.5, 0.6) is 0 Å². The number of nitrogens with one attached hydrogen (secondary N) is 3. The minimum absolute atomic E-state index is 0.158. The zero-order chi connectivity index (χ0) is 25.6. The molecule has 0 aliphatic rings. The monoisotopic (exact) mass is 492 g/mol. The molecular weight excluding hydrogens is 456 g/mol. The van der Waals surface area contributed by atoms with Gasteiger partial charge >= 0.3 is 5.97 Å². The summed E-state index contributed by atoms with van der Waals surface area (Å²) in [6.07, 6.45) is 1.44. The van der Waals surface area contributed by atoms with Gasteiger partial charge in [-0.1, -0.05) is 0 Å². The van der Waals surface area contributed by atoms with Crippen LogP contribution < -0.4 is 33.2 Å². The van der Waals surface area contributed by atoms with E-state index in [0.29, 0.717) is 25.1 Å². The molecule has 0 radical (unpaired) electrons. The number of unbranched alkanes of at least 4 members (excludes halogenated alkanes) is 1. The summed E-state index contributed by atoms with van der Waals surface area (Å²) in [5.74, 6) is -3.94. The van der Waals surface area contributed by atoms with Crippen LogP contribution in [0.2, 0.25) is 0 Å². The minimum Gasteiger partial charge on any atom is -0.480 e. The second-order valence-corrected chi connectivity index (χ2v) is 8.52. The van der Waals surface area contributed by atoms with Gasteiger partial charge in [0.1, 0.15) is 12.1 Å². The maximum absolute atomic E-state index is 12.9. The van der Waals surface area contributed by atoms with Gasteiger partial charge in [0.2, 0.25) is 23.6 Å². The van der Waals surface area contributed by atoms with Gasteiger partial charge in [-0.3, -0.25) is 19.2 Å². The van der Waals surface area contributed by atoms with Crippen molar-refractivity contribution < 1.29 is 34.2 Å². The molecule has 0 heterocycles. The summed E-state index contributed by atoms with van der Waals surface area (Å²) in [6, 6.07) is -4.98. The summed E-state index contributed by atoms with van der Waals surface area (Å²) in [5, 5.41) is 26.0. The van der Waals surface area contributed by atoms with Crippen molar-refractivity contribution in [2.75, 3.05) is 18.6 Å². The molecule has 33 heavy (non-hydrogen) atoms. The van der Waals surface area contributed by atoms with Gasteiger partial charge in [-0.25, -0.2) is 4.79 Å². The zero-order valence-electron chi connectivity index (χ0n) is 18.9. The lowest BCUT2D eigenvalue weighted by molar-refractivity contribution is -0.145. The van der Waals surface area contributed by atoms with Gasteiger partial charge in [-0.2, -0.15) is 11.8 Å². The molecule has 5 unspecified atom stereocenters. The van der Waals surface area contributed by atoms with Gasteiger partial charge in [-0.15, -0.1) is 0 Å². The van der Waals surface area contributed by atoms with E-state index in [1.807, 2.05) is 0 Å². The van der Waals surface area contributed by atoms with Crippen LogP contribution in [0.3, 0.4) is 0 Å². The number of rotatable bonds is 17. The maximum atomic E-state index is 12.9. The smallest absolute Gasteiger partial charge is 0.328 e. The number of carboxylic acids is 1. The van der Waals surface area contributed by atoms with E-state index in [2.05, 4.69) is 16.0 Å². The molecule has 11 N–H and O–H groups in total. The predicted molar refractivity (Wildman–Crippen MR) is 123 cm³/mol. The molecule has 5 atom stereocenters. The van der Waals surface area contributed by atoms with Crippen molar-refractivity contribution in [1.82, 2.24) is 16.0 Å². The Labute approximate surface area is 196 Å². The summed E-state index contributed by atoms with van der Waals surface area (Å²) < 4.78 is 0. The van der Waals surface area contributed by atoms with E-state index in [1.54, 1.807) is 6.26 Å². The average Bonchev–Trinajstić information content (AvgIpc) is 2.72. The first-order chi connectivity index (χ1) is 15.4. The highest BCUT2D eigenvalue weighted by Crippen LogP contribution is 2.07. The maximum Gasteiger partial charge on any atom is 0.328 e. The largest absolute Gasteiger partial charge is 0.480 e. The summed E-state index contributed by atoms with van der Waals surface area (Å²) in [7, 11) is 0. The highest BCUT2D eigenvalue weighted by Gasteiger charge is 2.31. The molecule has 0 aliphatic carbocycles. The zero-order valence-corrected chi connectivity index (χ0v) is 19.7. The number of thioether (sulfide) groups is 1. The summed E-state index contributed by atoms with van der Waals surface area (Å²) in [5.41, 5.74) is 16.2. The quantitative estimate of drug-likeness (QED) is 0.0956. The van der Waals surface area contributed by atoms with Crippen molar-refractivity contribution in [3.05, 3.63) is 0 Å². The number of hydrogen-bond donors (Lipinski definition) is 8. The van der Waals surface area contributed by atoms with E-state index >= 15 is 0 Å². The van der Waals surface area contributed by atoms with Crippen LogP contribution in [-0.2, 0) is 24.0 Å². The fourth-order valence-electron chi connectivity index (χ4n) is 2.77. The second kappa shape index (κ2) is 16.2. The number of aliphatic hydroxyl groups excluding tert-OH is 1. The number of aliphatic hydroxyl groups is 1. The molecule has 0 aromatic rings. The molecule has 0 aromatic heterocycles. The van der Waals surface area contributed by atoms with Crippen molar-refractivity contribution in [2.45, 2.75) is 69.3 Å². The Kier molecular flexibility index (Phi) is 15.0. The molecule has 0 saturated heterocycles. The number of primary amides is 1. The van der Waals surface area contributed by atoms with E-state index in [-0.39, 0.29) is 12.8 Å². The Hall–Kier alpha value is -2.42. The molecule has 0 aliphatic heterocycles. The molecule has 14 heteroatoms. The average molecular weight is 493 g/mol. The normalized spacial score (nSPS) is 15.4. The predicted octanol–water partition coefficient (Wildman–Crippen LogP) is -3.01. The number of nitrogens with two attached hydrogens (primary N) is 3. The first-order valence-electron chi connectivity index (χ1n) is 10.5. The summed E-state index contributed by atoms with van der Waals surface area (Å²) >= 11 is 1.43. The van der Waals surface area contributed by atoms with E-state index < -0.39 is 66.3 Å². The lowest BCUT2D eigenvalue weighted by atomic mass is 10.1. The highest BCUT2D eigenvalue weighted by atomic mass is 32.2. The van der Waals surface area contributed by atoms with Crippen molar-refractivity contribution in [3.63, 3.8) is 0 Å². The highest BCUT2D eigenvalue weighted by molar-refractivity contribution is 7.98. The summed E-state index contributed by atoms with van der Waals surface area (Å²) in [6.45, 7) is 1.57. The SMILES string of the molecule is CSCCC(NC(=O)C(N)CC(N)=O)C(=O)NC(CCCCN)C(=O)NC(C(=O)O)C(C)O. The van der Waals surface area contributed by atoms with Crippen LogP contribution >= 0.6 is 11.8 Å². The Balaban J connectivity index is 5.46. The number of aliphatic carboxylic acids is 1. The van der Waals surface area contributed by atoms with Gasteiger partial charge in [0.15, 0.2) is 6.04 Å². The third-order valence-electron chi connectivity index (χ3n) is 4.63. The van der Waals surface area contributed by atoms with Crippen LogP contribution in [0.1, 0.15) is 39.0 Å². The number of carbonyl (C=O) groups is 5. The van der Waals surface area contributed by atoms with Crippen LogP contribution in [0, 0.1) is 0 Å². The lowest BCUT2D eigenvalue weighted by Crippen LogP contribution is -2.58. The second-order valence-electron chi connectivity index (χ2n) is 7.53. The van der Waals surface area contributed by atoms with Gasteiger partial charge in [-0.05, 0) is 51.2 Å². The summed E-state index contributed by atoms with van der Waals surface area (Å²) in [4.78, 5) is 60.1. The van der Waals surface area contributed by atoms with Gasteiger partial charge in [0, 0.05) is 0 Å². The molecule has 0 bridgehead atoms. The fraction of sp³-hybridized carbons (Fsp3) is 0.737. The standard InChI is InChI=1S/C19H36N6O7S/c1-10(26)15(19(31)32)25-18(30)12(5-3-4-7-20)24-17(29)13(6-8-33-2)23-16(28)11(21)9-14(22)27/h10-13,15,26H,3-9,20-21H2,1-2H3,(H2,22,27)(H,23,28)(H,24,29)(H,25,30)(H,31,32). The Bertz CT molecular complexity index is 679. The number of carboxylic acid groups (broad SMARTS) is 1. The third kappa shape index (κ3) is 12.4. The Morgan fingerprint density at radius 1 is 0.939 bits per heavy atom. The molecule has 190 valence electrons. The van der Waals surface area contributed by atoms with Crippen molar-refractivity contribution in [1.29, 1.82) is 0 Å². The van der Waals surface area contributed by atoms with Crippen molar-refractivity contribution >= 4 is 41.4 Å². The molecule has 4 amide bonds. The molecule has 0 aromatic carbocycles. The van der Waals surface area contributed by atoms with Crippen molar-refractivity contribution in [3.8, 4) is 0 Å². The topological polar surface area (TPSA) is 240 Å². The fourth-order valence-corrected chi connectivity index (χ4v) is 3.24. The Morgan fingerprint density at radius 2 is 1.48 bits per heavy atom. The molecule has 0 spiro atoms. The van der Waals surface area contributed by atoms with E-state index in [4.69, 9.17) is 17.2 Å². The van der Waals surface area contributed by atoms with Gasteiger partial charge in [0.05, 0.1) is 18.6 Å². The first kappa shape index (κ1) is 30.6. The molecule has 13 nitrogen and oxygen atoms in total. The number of carbonyl (C=O) groups excluding carboxylic acids is 4. The molecular formula is C19H36N6O7S. The third-order valence-corrected chi connectivity index (χ3v) is 5.27. The van der Waals surface area contributed by atoms with Crippen LogP contribution in [-0.4, -0.2) is 88.6 Å². The Morgan fingerprint density at radius 3 is 1.97 bits per heavy atom. The van der Waals surface area contributed by atoms with Crippen LogP contribution in [0.15, 0.2) is 0 Å². The van der Waals surface area contributed by atoms with Crippen LogP contribution in [0.25, 0.3) is 0 Å². The van der Waals surface area contributed by atoms with Gasteiger partial charge < -0.3 is 43.4 Å². The molecule has 0 fully saturated rings. The van der Waals surface area contributed by atoms with Gasteiger partial charge in [0.25, 0.3) is 0 Å².